The Balaban J connectivity index is 1.69. The van der Waals surface area contributed by atoms with Crippen LogP contribution in [0.4, 0.5) is 0 Å². The van der Waals surface area contributed by atoms with Crippen LogP contribution in [0.25, 0.3) is 0 Å². The average molecular weight is 253 g/mol. The highest BCUT2D eigenvalue weighted by Gasteiger charge is 1.97. The molecule has 0 unspecified atom stereocenters. The van der Waals surface area contributed by atoms with Gasteiger partial charge in [0, 0.05) is 41.7 Å². The smallest absolute Gasteiger partial charge is 0.0516 e. The topological polar surface area (TPSA) is 24.9 Å². The minimum absolute atomic E-state index is 0.825. The van der Waals surface area contributed by atoms with Gasteiger partial charge in [-0.05, 0) is 18.2 Å². The second kappa shape index (κ2) is 5.99. The predicted molar refractivity (Wildman–Crippen MR) is 69.0 cm³/mol. The molecule has 0 aliphatic carbocycles. The second-order valence-corrected chi connectivity index (χ2v) is 4.91. The Bertz CT molecular complexity index is 428. The van der Waals surface area contributed by atoms with Crippen molar-refractivity contribution in [2.24, 2.45) is 0 Å². The summed E-state index contributed by atoms with van der Waals surface area (Å²) in [4.78, 5) is 5.54. The first-order chi connectivity index (χ1) is 7.84. The summed E-state index contributed by atoms with van der Waals surface area (Å²) in [5, 5.41) is 6.16. The van der Waals surface area contributed by atoms with Crippen LogP contribution < -0.4 is 5.32 Å². The molecular formula is C12H13ClN2S. The van der Waals surface area contributed by atoms with Gasteiger partial charge in [0.25, 0.3) is 0 Å². The van der Waals surface area contributed by atoms with E-state index in [1.54, 1.807) is 11.3 Å². The van der Waals surface area contributed by atoms with Crippen LogP contribution in [0.2, 0.25) is 5.02 Å². The van der Waals surface area contributed by atoms with Crippen LogP contribution in [0.3, 0.4) is 0 Å². The van der Waals surface area contributed by atoms with Crippen LogP contribution >= 0.6 is 22.9 Å². The lowest BCUT2D eigenvalue weighted by molar-refractivity contribution is 0.686. The molecule has 0 spiro atoms. The molecule has 2 rings (SSSR count). The van der Waals surface area contributed by atoms with Gasteiger partial charge in [0.15, 0.2) is 0 Å². The molecule has 2 nitrogen and oxygen atoms in total. The molecule has 1 N–H and O–H groups in total. The van der Waals surface area contributed by atoms with Crippen LogP contribution in [0, 0.1) is 0 Å². The maximum absolute atomic E-state index is 5.84. The lowest BCUT2D eigenvalue weighted by Crippen LogP contribution is -2.16. The van der Waals surface area contributed by atoms with E-state index in [1.807, 2.05) is 35.8 Å². The predicted octanol–water partition coefficient (Wildman–Crippen LogP) is 3.13. The van der Waals surface area contributed by atoms with Crippen LogP contribution in [0.1, 0.15) is 10.6 Å². The number of thiophene rings is 1. The molecule has 0 aliphatic heterocycles. The van der Waals surface area contributed by atoms with Gasteiger partial charge < -0.3 is 5.32 Å². The van der Waals surface area contributed by atoms with E-state index in [2.05, 4.69) is 10.3 Å². The molecule has 2 aromatic rings. The number of halogens is 1. The summed E-state index contributed by atoms with van der Waals surface area (Å²) in [7, 11) is 0. The van der Waals surface area contributed by atoms with Crippen molar-refractivity contribution in [1.82, 2.24) is 10.3 Å². The average Bonchev–Trinajstić information content (AvgIpc) is 2.72. The molecule has 4 heteroatoms. The van der Waals surface area contributed by atoms with Crippen molar-refractivity contribution in [2.75, 3.05) is 6.54 Å². The van der Waals surface area contributed by atoms with Gasteiger partial charge in [-0.15, -0.1) is 11.3 Å². The van der Waals surface area contributed by atoms with Crippen molar-refractivity contribution in [1.29, 1.82) is 0 Å². The third-order valence-electron chi connectivity index (χ3n) is 2.21. The van der Waals surface area contributed by atoms with Crippen molar-refractivity contribution >= 4 is 22.9 Å². The Hall–Kier alpha value is -0.900. The van der Waals surface area contributed by atoms with E-state index < -0.39 is 0 Å². The fourth-order valence-corrected chi connectivity index (χ4v) is 2.46. The van der Waals surface area contributed by atoms with E-state index in [9.17, 15) is 0 Å². The van der Waals surface area contributed by atoms with E-state index in [1.165, 1.54) is 4.88 Å². The van der Waals surface area contributed by atoms with Crippen molar-refractivity contribution in [3.05, 3.63) is 51.4 Å². The summed E-state index contributed by atoms with van der Waals surface area (Å²) in [6.07, 6.45) is 2.79. The standard InChI is InChI=1S/C12H13ClN2S/c13-10-7-12(16-9-10)8-14-6-4-11-3-1-2-5-15-11/h1-3,5,7,9,14H,4,6,8H2. The molecule has 2 heterocycles. The Kier molecular flexibility index (Phi) is 4.34. The first-order valence-electron chi connectivity index (χ1n) is 5.18. The van der Waals surface area contributed by atoms with Gasteiger partial charge in [-0.2, -0.15) is 0 Å². The van der Waals surface area contributed by atoms with E-state index in [0.29, 0.717) is 0 Å². The first kappa shape index (κ1) is 11.6. The Labute approximate surface area is 104 Å². The van der Waals surface area contributed by atoms with Crippen LogP contribution in [-0.4, -0.2) is 11.5 Å². The Morgan fingerprint density at radius 2 is 2.31 bits per heavy atom. The van der Waals surface area contributed by atoms with Gasteiger partial charge >= 0.3 is 0 Å². The fraction of sp³-hybridized carbons (Fsp3) is 0.250. The quantitative estimate of drug-likeness (QED) is 0.827. The summed E-state index contributed by atoms with van der Waals surface area (Å²) >= 11 is 7.53. The molecule has 0 aromatic carbocycles. The van der Waals surface area contributed by atoms with E-state index in [-0.39, 0.29) is 0 Å². The summed E-state index contributed by atoms with van der Waals surface area (Å²) in [5.74, 6) is 0. The zero-order valence-corrected chi connectivity index (χ0v) is 10.4. The Morgan fingerprint density at radius 3 is 3.00 bits per heavy atom. The zero-order valence-electron chi connectivity index (χ0n) is 8.82. The zero-order chi connectivity index (χ0) is 11.2. The maximum Gasteiger partial charge on any atom is 0.0516 e. The lowest BCUT2D eigenvalue weighted by atomic mass is 10.3. The summed E-state index contributed by atoms with van der Waals surface area (Å²) < 4.78 is 0. The second-order valence-electron chi connectivity index (χ2n) is 3.48. The summed E-state index contributed by atoms with van der Waals surface area (Å²) in [6.45, 7) is 1.82. The molecule has 16 heavy (non-hydrogen) atoms. The van der Waals surface area contributed by atoms with E-state index in [4.69, 9.17) is 11.6 Å². The van der Waals surface area contributed by atoms with Gasteiger partial charge in [0.05, 0.1) is 5.02 Å². The maximum atomic E-state index is 5.84. The van der Waals surface area contributed by atoms with Crippen LogP contribution in [0.5, 0.6) is 0 Å². The molecule has 84 valence electrons. The fourth-order valence-electron chi connectivity index (χ4n) is 1.42. The molecule has 0 saturated heterocycles. The lowest BCUT2D eigenvalue weighted by Gasteiger charge is -2.02. The molecule has 0 atom stereocenters. The van der Waals surface area contributed by atoms with Crippen molar-refractivity contribution in [2.45, 2.75) is 13.0 Å². The molecule has 0 aliphatic rings. The normalized spacial score (nSPS) is 10.6. The molecule has 0 fully saturated rings. The van der Waals surface area contributed by atoms with Crippen molar-refractivity contribution < 1.29 is 0 Å². The Morgan fingerprint density at radius 1 is 1.38 bits per heavy atom. The number of hydrogen-bond donors (Lipinski definition) is 1. The first-order valence-corrected chi connectivity index (χ1v) is 6.44. The van der Waals surface area contributed by atoms with Gasteiger partial charge in [-0.25, -0.2) is 0 Å². The van der Waals surface area contributed by atoms with Crippen molar-refractivity contribution in [3.63, 3.8) is 0 Å². The molecular weight excluding hydrogens is 240 g/mol. The minimum Gasteiger partial charge on any atom is -0.311 e. The molecule has 2 aromatic heterocycles. The highest BCUT2D eigenvalue weighted by molar-refractivity contribution is 7.10. The van der Waals surface area contributed by atoms with Gasteiger partial charge in [-0.3, -0.25) is 4.98 Å². The number of hydrogen-bond acceptors (Lipinski definition) is 3. The van der Waals surface area contributed by atoms with E-state index >= 15 is 0 Å². The third-order valence-corrected chi connectivity index (χ3v) is 3.49. The highest BCUT2D eigenvalue weighted by Crippen LogP contribution is 2.18. The SMILES string of the molecule is Clc1csc(CNCCc2ccccn2)c1. The molecule has 0 saturated carbocycles. The third kappa shape index (κ3) is 3.59. The molecule has 0 radical (unpaired) electrons. The largest absolute Gasteiger partial charge is 0.311 e. The number of aromatic nitrogens is 1. The summed E-state index contributed by atoms with van der Waals surface area (Å²) in [6, 6.07) is 8.00. The number of pyridine rings is 1. The van der Waals surface area contributed by atoms with Crippen LogP contribution in [-0.2, 0) is 13.0 Å². The van der Waals surface area contributed by atoms with Crippen LogP contribution in [0.15, 0.2) is 35.8 Å². The van der Waals surface area contributed by atoms with Gasteiger partial charge in [-0.1, -0.05) is 17.7 Å². The van der Waals surface area contributed by atoms with E-state index in [0.717, 1.165) is 30.2 Å². The van der Waals surface area contributed by atoms with Gasteiger partial charge in [0.1, 0.15) is 0 Å². The number of nitrogens with one attached hydrogen (secondary N) is 1. The number of nitrogens with zero attached hydrogens (tertiary/aromatic N) is 1. The molecule has 0 amide bonds. The minimum atomic E-state index is 0.825. The monoisotopic (exact) mass is 252 g/mol. The number of rotatable bonds is 5. The summed E-state index contributed by atoms with van der Waals surface area (Å²) in [5.41, 5.74) is 1.12. The van der Waals surface area contributed by atoms with Gasteiger partial charge in [0.2, 0.25) is 0 Å². The molecule has 0 bridgehead atoms. The van der Waals surface area contributed by atoms with Crippen molar-refractivity contribution in [3.8, 4) is 0 Å². The highest BCUT2D eigenvalue weighted by atomic mass is 35.5.